The molecule has 0 bridgehead atoms. The number of hydrogen-bond acceptors (Lipinski definition) is 0. The zero-order valence-corrected chi connectivity index (χ0v) is 15.9. The number of hydrogen-bond donors (Lipinski definition) is 0. The van der Waals surface area contributed by atoms with Crippen LogP contribution < -0.4 is 10.4 Å². The molecular formula is C22H32Si. The van der Waals surface area contributed by atoms with E-state index in [1.807, 2.05) is 0 Å². The Labute approximate surface area is 144 Å². The van der Waals surface area contributed by atoms with Crippen molar-refractivity contribution in [1.82, 2.24) is 0 Å². The van der Waals surface area contributed by atoms with Crippen molar-refractivity contribution < 1.29 is 0 Å². The van der Waals surface area contributed by atoms with Crippen LogP contribution in [0.15, 0.2) is 60.7 Å². The molecule has 0 radical (unpaired) electrons. The Morgan fingerprint density at radius 3 is 1.48 bits per heavy atom. The van der Waals surface area contributed by atoms with E-state index in [2.05, 4.69) is 67.6 Å². The van der Waals surface area contributed by atoms with E-state index in [0.29, 0.717) is 0 Å². The first-order chi connectivity index (χ1) is 11.4. The summed E-state index contributed by atoms with van der Waals surface area (Å²) in [7, 11) is -1.02. The highest BCUT2D eigenvalue weighted by Crippen LogP contribution is 2.11. The van der Waals surface area contributed by atoms with Gasteiger partial charge in [-0.15, -0.1) is 0 Å². The van der Waals surface area contributed by atoms with Gasteiger partial charge in [0, 0.05) is 0 Å². The van der Waals surface area contributed by atoms with E-state index in [1.165, 1.54) is 57.4 Å². The molecule has 0 heterocycles. The Kier molecular flexibility index (Phi) is 8.79. The Balaban J connectivity index is 1.80. The molecule has 0 amide bonds. The smallest absolute Gasteiger partial charge is 0.0654 e. The zero-order valence-electron chi connectivity index (χ0n) is 14.7. The highest BCUT2D eigenvalue weighted by molar-refractivity contribution is 6.85. The van der Waals surface area contributed by atoms with Gasteiger partial charge in [0.05, 0.1) is 0 Å². The molecule has 0 aromatic heterocycles. The minimum absolute atomic E-state index is 1.02. The molecule has 0 nitrogen and oxygen atoms in total. The summed E-state index contributed by atoms with van der Waals surface area (Å²) < 4.78 is 0. The first-order valence-electron chi connectivity index (χ1n) is 9.51. The van der Waals surface area contributed by atoms with Crippen molar-refractivity contribution in [3.05, 3.63) is 60.7 Å². The molecule has 0 saturated carbocycles. The van der Waals surface area contributed by atoms with E-state index < -0.39 is 8.80 Å². The predicted octanol–water partition coefficient (Wildman–Crippen LogP) is 5.17. The van der Waals surface area contributed by atoms with Crippen molar-refractivity contribution in [2.24, 2.45) is 0 Å². The molecule has 0 unspecified atom stereocenters. The number of benzene rings is 2. The van der Waals surface area contributed by atoms with Crippen molar-refractivity contribution >= 4 is 19.2 Å². The summed E-state index contributed by atoms with van der Waals surface area (Å²) in [6, 6.07) is 23.8. The van der Waals surface area contributed by atoms with E-state index >= 15 is 0 Å². The third-order valence-electron chi connectivity index (χ3n) is 4.75. The summed E-state index contributed by atoms with van der Waals surface area (Å²) in [6.07, 6.45) is 11.3. The van der Waals surface area contributed by atoms with Crippen LogP contribution in [0.2, 0.25) is 6.04 Å². The van der Waals surface area contributed by atoms with Gasteiger partial charge in [-0.2, -0.15) is 0 Å². The van der Waals surface area contributed by atoms with Gasteiger partial charge in [-0.25, -0.2) is 0 Å². The Morgan fingerprint density at radius 2 is 1.00 bits per heavy atom. The second kappa shape index (κ2) is 11.2. The molecule has 0 saturated heterocycles. The number of unbranched alkanes of at least 4 members (excludes halogenated alkanes) is 7. The quantitative estimate of drug-likeness (QED) is 0.395. The highest BCUT2D eigenvalue weighted by Gasteiger charge is 2.15. The average Bonchev–Trinajstić information content (AvgIpc) is 2.62. The molecule has 0 spiro atoms. The largest absolute Gasteiger partial charge is 0.103 e. The molecule has 23 heavy (non-hydrogen) atoms. The second-order valence-corrected chi connectivity index (χ2v) is 9.65. The topological polar surface area (TPSA) is 0 Å². The first kappa shape index (κ1) is 18.0. The van der Waals surface area contributed by atoms with Crippen LogP contribution in [0.25, 0.3) is 0 Å². The van der Waals surface area contributed by atoms with Gasteiger partial charge >= 0.3 is 0 Å². The fraction of sp³-hybridized carbons (Fsp3) is 0.455. The maximum Gasteiger partial charge on any atom is 0.103 e. The molecular weight excluding hydrogens is 292 g/mol. The lowest BCUT2D eigenvalue weighted by molar-refractivity contribution is 0.584. The average molecular weight is 325 g/mol. The fourth-order valence-corrected chi connectivity index (χ4v) is 6.50. The van der Waals surface area contributed by atoms with Crippen LogP contribution in [0.4, 0.5) is 0 Å². The number of rotatable bonds is 11. The van der Waals surface area contributed by atoms with E-state index in [-0.39, 0.29) is 0 Å². The lowest BCUT2D eigenvalue weighted by atomic mass is 10.1. The van der Waals surface area contributed by atoms with Gasteiger partial charge in [0.25, 0.3) is 0 Å². The second-order valence-electron chi connectivity index (χ2n) is 6.64. The van der Waals surface area contributed by atoms with Gasteiger partial charge in [-0.05, 0) is 0 Å². The summed E-state index contributed by atoms with van der Waals surface area (Å²) in [5.74, 6) is 0. The van der Waals surface area contributed by atoms with Gasteiger partial charge < -0.3 is 0 Å². The van der Waals surface area contributed by atoms with Crippen molar-refractivity contribution in [2.75, 3.05) is 0 Å². The third-order valence-corrected chi connectivity index (χ3v) is 8.12. The Morgan fingerprint density at radius 1 is 0.565 bits per heavy atom. The summed E-state index contributed by atoms with van der Waals surface area (Å²) in [6.45, 7) is 2.29. The van der Waals surface area contributed by atoms with Gasteiger partial charge in [0.15, 0.2) is 0 Å². The fourth-order valence-electron chi connectivity index (χ4n) is 3.38. The molecule has 0 fully saturated rings. The van der Waals surface area contributed by atoms with Gasteiger partial charge in [0.1, 0.15) is 8.80 Å². The Hall–Kier alpha value is -1.34. The van der Waals surface area contributed by atoms with E-state index in [1.54, 1.807) is 10.4 Å². The standard InChI is InChI=1S/C22H32Si/c1-2-3-4-5-6-7-8-15-20-23(21-16-11-9-12-17-21)22-18-13-10-14-19-22/h9-14,16-19,23H,2-8,15,20H2,1H3. The van der Waals surface area contributed by atoms with Crippen LogP contribution in [-0.4, -0.2) is 8.80 Å². The minimum atomic E-state index is -1.02. The summed E-state index contributed by atoms with van der Waals surface area (Å²) in [5.41, 5.74) is 0. The van der Waals surface area contributed by atoms with Gasteiger partial charge in [-0.1, -0.05) is 135 Å². The maximum absolute atomic E-state index is 2.34. The molecule has 124 valence electrons. The molecule has 2 aromatic carbocycles. The summed E-state index contributed by atoms with van der Waals surface area (Å²) >= 11 is 0. The van der Waals surface area contributed by atoms with Crippen LogP contribution in [0.3, 0.4) is 0 Å². The maximum atomic E-state index is 2.34. The van der Waals surface area contributed by atoms with Crippen LogP contribution in [0.1, 0.15) is 58.3 Å². The highest BCUT2D eigenvalue weighted by atomic mass is 28.3. The minimum Gasteiger partial charge on any atom is -0.0654 e. The molecule has 2 aromatic rings. The van der Waals surface area contributed by atoms with Crippen molar-refractivity contribution in [3.63, 3.8) is 0 Å². The Bertz CT molecular complexity index is 467. The lowest BCUT2D eigenvalue weighted by Gasteiger charge is -2.16. The van der Waals surface area contributed by atoms with Crippen LogP contribution >= 0.6 is 0 Å². The molecule has 0 N–H and O–H groups in total. The van der Waals surface area contributed by atoms with Crippen LogP contribution in [0.5, 0.6) is 0 Å². The summed E-state index contributed by atoms with van der Waals surface area (Å²) in [5, 5.41) is 3.20. The molecule has 0 aliphatic rings. The van der Waals surface area contributed by atoms with Crippen LogP contribution in [0, 0.1) is 0 Å². The van der Waals surface area contributed by atoms with Crippen molar-refractivity contribution in [1.29, 1.82) is 0 Å². The normalized spacial score (nSPS) is 11.0. The van der Waals surface area contributed by atoms with E-state index in [0.717, 1.165) is 0 Å². The predicted molar refractivity (Wildman–Crippen MR) is 107 cm³/mol. The molecule has 0 aliphatic heterocycles. The third kappa shape index (κ3) is 6.74. The lowest BCUT2D eigenvalue weighted by Crippen LogP contribution is -2.41. The SMILES string of the molecule is CCCCCCCCCC[SiH](c1ccccc1)c1ccccc1. The van der Waals surface area contributed by atoms with Crippen molar-refractivity contribution in [2.45, 2.75) is 64.3 Å². The van der Waals surface area contributed by atoms with Crippen LogP contribution in [-0.2, 0) is 0 Å². The summed E-state index contributed by atoms with van der Waals surface area (Å²) in [4.78, 5) is 0. The van der Waals surface area contributed by atoms with Crippen molar-refractivity contribution in [3.8, 4) is 0 Å². The zero-order chi connectivity index (χ0) is 16.2. The first-order valence-corrected chi connectivity index (χ1v) is 11.5. The van der Waals surface area contributed by atoms with Gasteiger partial charge in [0.2, 0.25) is 0 Å². The molecule has 0 atom stereocenters. The van der Waals surface area contributed by atoms with Gasteiger partial charge in [-0.3, -0.25) is 0 Å². The molecule has 2 rings (SSSR count). The van der Waals surface area contributed by atoms with E-state index in [9.17, 15) is 0 Å². The molecule has 0 aliphatic carbocycles. The van der Waals surface area contributed by atoms with E-state index in [4.69, 9.17) is 0 Å². The monoisotopic (exact) mass is 324 g/mol. The molecule has 1 heteroatoms.